The molecular weight excluding hydrogens is 509 g/mol. The minimum atomic E-state index is -1.87. The Labute approximate surface area is 189 Å². The van der Waals surface area contributed by atoms with Crippen LogP contribution in [0.15, 0.2) is 63.7 Å². The van der Waals surface area contributed by atoms with Crippen LogP contribution in [0, 0.1) is 0 Å². The van der Waals surface area contributed by atoms with Gasteiger partial charge in [-0.3, -0.25) is 4.79 Å². The number of alkyl halides is 3. The molecule has 0 saturated heterocycles. The molecule has 0 bridgehead atoms. The molecule has 0 aliphatic rings. The molecule has 3 aromatic rings. The fourth-order valence-corrected chi connectivity index (χ4v) is 3.32. The second-order valence-electron chi connectivity index (χ2n) is 5.68. The van der Waals surface area contributed by atoms with Gasteiger partial charge in [0.1, 0.15) is 6.17 Å². The first-order valence-electron chi connectivity index (χ1n) is 7.92. The van der Waals surface area contributed by atoms with Gasteiger partial charge < -0.3 is 20.4 Å². The van der Waals surface area contributed by atoms with Crippen LogP contribution in [0.2, 0.25) is 0 Å². The molecule has 10 heteroatoms. The van der Waals surface area contributed by atoms with Gasteiger partial charge in [0.15, 0.2) is 15.5 Å². The van der Waals surface area contributed by atoms with Crippen molar-refractivity contribution in [3.8, 4) is 0 Å². The molecule has 5 nitrogen and oxygen atoms in total. The summed E-state index contributed by atoms with van der Waals surface area (Å²) in [6, 6.07) is 16.7. The van der Waals surface area contributed by atoms with Crippen molar-refractivity contribution in [1.82, 2.24) is 10.6 Å². The third kappa shape index (κ3) is 5.30. The van der Waals surface area contributed by atoms with E-state index in [1.165, 1.54) is 6.07 Å². The predicted octanol–water partition coefficient (Wildman–Crippen LogP) is 5.61. The number of benzene rings is 2. The van der Waals surface area contributed by atoms with Crippen molar-refractivity contribution in [2.45, 2.75) is 9.96 Å². The summed E-state index contributed by atoms with van der Waals surface area (Å²) >= 11 is 26.5. The van der Waals surface area contributed by atoms with Crippen LogP contribution in [0.3, 0.4) is 0 Å². The second kappa shape index (κ2) is 8.88. The molecule has 2 aromatic carbocycles. The number of rotatable bonds is 4. The van der Waals surface area contributed by atoms with Gasteiger partial charge in [-0.05, 0) is 51.7 Å². The van der Waals surface area contributed by atoms with Crippen molar-refractivity contribution in [3.05, 3.63) is 65.0 Å². The molecule has 3 N–H and O–H groups in total. The third-order valence-electron chi connectivity index (χ3n) is 3.71. The molecule has 0 aliphatic heterocycles. The molecule has 0 aliphatic carbocycles. The monoisotopic (exact) mass is 519 g/mol. The van der Waals surface area contributed by atoms with E-state index < -0.39 is 15.9 Å². The molecule has 0 fully saturated rings. The molecule has 1 amide bonds. The van der Waals surface area contributed by atoms with Gasteiger partial charge in [-0.1, -0.05) is 71.2 Å². The number of carbonyl (C=O) groups excluding carboxylic acids is 1. The summed E-state index contributed by atoms with van der Waals surface area (Å²) in [7, 11) is 0. The summed E-state index contributed by atoms with van der Waals surface area (Å²) in [5.74, 6) is -0.511. The smallest absolute Gasteiger partial charge is 0.288 e. The number of hydrogen-bond acceptors (Lipinski definition) is 3. The van der Waals surface area contributed by atoms with Crippen LogP contribution in [-0.2, 0) is 0 Å². The van der Waals surface area contributed by atoms with E-state index in [0.717, 1.165) is 16.5 Å². The lowest BCUT2D eigenvalue weighted by atomic mass is 10.1. The highest BCUT2D eigenvalue weighted by atomic mass is 79.9. The molecule has 146 valence electrons. The largest absolute Gasteiger partial charge is 0.444 e. The van der Waals surface area contributed by atoms with E-state index >= 15 is 0 Å². The van der Waals surface area contributed by atoms with E-state index in [2.05, 4.69) is 31.9 Å². The maximum atomic E-state index is 12.3. The van der Waals surface area contributed by atoms with Gasteiger partial charge in [0.25, 0.3) is 5.91 Å². The highest BCUT2D eigenvalue weighted by Crippen LogP contribution is 2.30. The zero-order valence-corrected chi connectivity index (χ0v) is 18.7. The van der Waals surface area contributed by atoms with Gasteiger partial charge >= 0.3 is 0 Å². The van der Waals surface area contributed by atoms with E-state index in [1.54, 1.807) is 6.07 Å². The van der Waals surface area contributed by atoms with Gasteiger partial charge in [0, 0.05) is 11.1 Å². The Morgan fingerprint density at radius 3 is 2.43 bits per heavy atom. The molecular formula is C18H13BrCl3N3O2S. The van der Waals surface area contributed by atoms with Crippen LogP contribution in [0.1, 0.15) is 10.6 Å². The fraction of sp³-hybridized carbons (Fsp3) is 0.111. The van der Waals surface area contributed by atoms with E-state index in [0.29, 0.717) is 4.67 Å². The Morgan fingerprint density at radius 1 is 1.04 bits per heavy atom. The molecule has 3 rings (SSSR count). The molecule has 0 radical (unpaired) electrons. The maximum absolute atomic E-state index is 12.3. The molecule has 1 atom stereocenters. The van der Waals surface area contributed by atoms with Crippen molar-refractivity contribution in [3.63, 3.8) is 0 Å². The number of furan rings is 1. The highest BCUT2D eigenvalue weighted by Gasteiger charge is 2.35. The number of carbonyl (C=O) groups is 1. The first-order chi connectivity index (χ1) is 13.2. The number of thiocarbonyl (C=S) groups is 1. The van der Waals surface area contributed by atoms with Gasteiger partial charge in [0.2, 0.25) is 3.79 Å². The summed E-state index contributed by atoms with van der Waals surface area (Å²) in [5, 5.41) is 10.6. The minimum Gasteiger partial charge on any atom is -0.444 e. The van der Waals surface area contributed by atoms with Crippen molar-refractivity contribution in [1.29, 1.82) is 0 Å². The lowest BCUT2D eigenvalue weighted by Gasteiger charge is -2.27. The Bertz CT molecular complexity index is 1020. The SMILES string of the molecule is O=C(N[C@@H](NC(=S)Nc1cccc2ccccc12)C(Cl)(Cl)Cl)c1ccc(Br)o1. The van der Waals surface area contributed by atoms with Gasteiger partial charge in [-0.15, -0.1) is 0 Å². The lowest BCUT2D eigenvalue weighted by molar-refractivity contribution is 0.0905. The van der Waals surface area contributed by atoms with Crippen LogP contribution in [-0.4, -0.2) is 21.0 Å². The normalized spacial score (nSPS) is 12.4. The summed E-state index contributed by atoms with van der Waals surface area (Å²) in [6.45, 7) is 0. The van der Waals surface area contributed by atoms with Crippen LogP contribution in [0.5, 0.6) is 0 Å². The van der Waals surface area contributed by atoms with E-state index in [9.17, 15) is 4.79 Å². The second-order valence-corrected chi connectivity index (χ2v) is 9.24. The average Bonchev–Trinajstić information content (AvgIpc) is 3.07. The number of halogens is 4. The Kier molecular flexibility index (Phi) is 6.73. The summed E-state index contributed by atoms with van der Waals surface area (Å²) in [6.07, 6.45) is -1.11. The topological polar surface area (TPSA) is 66.3 Å². The van der Waals surface area contributed by atoms with Crippen LogP contribution >= 0.6 is 63.0 Å². The van der Waals surface area contributed by atoms with Crippen molar-refractivity contribution >= 4 is 90.4 Å². The Balaban J connectivity index is 1.73. The fourth-order valence-electron chi connectivity index (χ4n) is 2.46. The Hall–Kier alpha value is -1.51. The van der Waals surface area contributed by atoms with E-state index in [1.807, 2.05) is 42.5 Å². The predicted molar refractivity (Wildman–Crippen MR) is 121 cm³/mol. The van der Waals surface area contributed by atoms with Crippen molar-refractivity contribution in [2.24, 2.45) is 0 Å². The van der Waals surface area contributed by atoms with Crippen molar-refractivity contribution in [2.75, 3.05) is 5.32 Å². The molecule has 1 heterocycles. The van der Waals surface area contributed by atoms with Crippen molar-refractivity contribution < 1.29 is 9.21 Å². The third-order valence-corrected chi connectivity index (χ3v) is 5.01. The van der Waals surface area contributed by atoms with Crippen LogP contribution < -0.4 is 16.0 Å². The quantitative estimate of drug-likeness (QED) is 0.237. The molecule has 28 heavy (non-hydrogen) atoms. The van der Waals surface area contributed by atoms with E-state index in [-0.39, 0.29) is 10.9 Å². The average molecular weight is 522 g/mol. The lowest BCUT2D eigenvalue weighted by Crippen LogP contribution is -2.56. The number of fused-ring (bicyclic) bond motifs is 1. The van der Waals surface area contributed by atoms with E-state index in [4.69, 9.17) is 51.4 Å². The van der Waals surface area contributed by atoms with Gasteiger partial charge in [-0.25, -0.2) is 0 Å². The molecule has 0 spiro atoms. The van der Waals surface area contributed by atoms with Crippen LogP contribution in [0.25, 0.3) is 10.8 Å². The first-order valence-corrected chi connectivity index (χ1v) is 10.3. The Morgan fingerprint density at radius 2 is 1.75 bits per heavy atom. The number of hydrogen-bond donors (Lipinski definition) is 3. The van der Waals surface area contributed by atoms with Gasteiger partial charge in [0.05, 0.1) is 0 Å². The van der Waals surface area contributed by atoms with Crippen LogP contribution in [0.4, 0.5) is 5.69 Å². The minimum absolute atomic E-state index is 0.0563. The molecule has 1 aromatic heterocycles. The summed E-state index contributed by atoms with van der Waals surface area (Å²) < 4.78 is 3.74. The zero-order valence-electron chi connectivity index (χ0n) is 14.0. The number of anilines is 1. The molecule has 0 unspecified atom stereocenters. The highest BCUT2D eigenvalue weighted by molar-refractivity contribution is 9.10. The zero-order chi connectivity index (χ0) is 20.3. The first kappa shape index (κ1) is 21.2. The standard InChI is InChI=1S/C18H13BrCl3N3O2S/c19-14-9-8-13(27-14)15(26)24-16(18(20,21)22)25-17(28)23-12-7-3-5-10-4-1-2-6-11(10)12/h1-9,16H,(H,24,26)(H2,23,25,28)/t16-/m0/s1. The molecule has 0 saturated carbocycles. The number of amides is 1. The maximum Gasteiger partial charge on any atom is 0.288 e. The van der Waals surface area contributed by atoms with Gasteiger partial charge in [-0.2, -0.15) is 0 Å². The summed E-state index contributed by atoms with van der Waals surface area (Å²) in [5.41, 5.74) is 0.778. The summed E-state index contributed by atoms with van der Waals surface area (Å²) in [4.78, 5) is 12.3. The number of nitrogens with one attached hydrogen (secondary N) is 3.